The van der Waals surface area contributed by atoms with Crippen molar-refractivity contribution in [1.29, 1.82) is 0 Å². The highest BCUT2D eigenvalue weighted by molar-refractivity contribution is 6.33. The van der Waals surface area contributed by atoms with E-state index in [-0.39, 0.29) is 12.1 Å². The molecule has 1 aromatic rings. The maximum Gasteiger partial charge on any atom is 0.340 e. The zero-order valence-corrected chi connectivity index (χ0v) is 11.2. The van der Waals surface area contributed by atoms with Crippen LogP contribution in [0.25, 0.3) is 0 Å². The Morgan fingerprint density at radius 2 is 2.11 bits per heavy atom. The summed E-state index contributed by atoms with van der Waals surface area (Å²) in [6.45, 7) is 2.12. The Morgan fingerprint density at radius 3 is 2.83 bits per heavy atom. The molecule has 0 aliphatic heterocycles. The van der Waals surface area contributed by atoms with Crippen molar-refractivity contribution < 1.29 is 9.53 Å². The largest absolute Gasteiger partial charge is 0.458 e. The Hall–Kier alpha value is -1.22. The number of anilines is 1. The van der Waals surface area contributed by atoms with Gasteiger partial charge in [0.25, 0.3) is 0 Å². The third kappa shape index (κ3) is 2.78. The van der Waals surface area contributed by atoms with Crippen molar-refractivity contribution in [1.82, 2.24) is 0 Å². The minimum absolute atomic E-state index is 0.00429. The molecular formula is C14H18ClNO2. The van der Waals surface area contributed by atoms with E-state index in [0.29, 0.717) is 22.2 Å². The van der Waals surface area contributed by atoms with E-state index in [2.05, 4.69) is 6.92 Å². The van der Waals surface area contributed by atoms with Crippen molar-refractivity contribution in [2.45, 2.75) is 38.7 Å². The number of nitrogen functional groups attached to an aromatic ring is 1. The van der Waals surface area contributed by atoms with E-state index < -0.39 is 0 Å². The molecule has 1 aromatic carbocycles. The minimum atomic E-state index is -0.367. The summed E-state index contributed by atoms with van der Waals surface area (Å²) in [7, 11) is 0. The van der Waals surface area contributed by atoms with Gasteiger partial charge in [0.15, 0.2) is 0 Å². The summed E-state index contributed by atoms with van der Waals surface area (Å²) in [5.41, 5.74) is 6.45. The zero-order chi connectivity index (χ0) is 13.1. The number of benzene rings is 1. The number of esters is 1. The van der Waals surface area contributed by atoms with Gasteiger partial charge < -0.3 is 10.5 Å². The molecule has 0 amide bonds. The molecule has 0 radical (unpaired) electrons. The van der Waals surface area contributed by atoms with Gasteiger partial charge in [0.2, 0.25) is 0 Å². The standard InChI is InChI=1S/C14H18ClNO2/c1-9-5-2-3-8-12(9)18-14(17)10-6-4-7-11(15)13(10)16/h4,6-7,9,12H,2-3,5,8,16H2,1H3. The van der Waals surface area contributed by atoms with E-state index in [4.69, 9.17) is 22.1 Å². The van der Waals surface area contributed by atoms with Crippen molar-refractivity contribution in [2.24, 2.45) is 5.92 Å². The SMILES string of the molecule is CC1CCCCC1OC(=O)c1cccc(Cl)c1N. The average molecular weight is 268 g/mol. The lowest BCUT2D eigenvalue weighted by Crippen LogP contribution is -2.28. The second kappa shape index (κ2) is 5.61. The number of rotatable bonds is 2. The van der Waals surface area contributed by atoms with Crippen molar-refractivity contribution in [3.8, 4) is 0 Å². The van der Waals surface area contributed by atoms with Crippen molar-refractivity contribution >= 4 is 23.3 Å². The molecule has 2 unspecified atom stereocenters. The molecule has 0 aromatic heterocycles. The lowest BCUT2D eigenvalue weighted by Gasteiger charge is -2.28. The summed E-state index contributed by atoms with van der Waals surface area (Å²) < 4.78 is 5.55. The van der Waals surface area contributed by atoms with Gasteiger partial charge in [-0.05, 0) is 37.3 Å². The molecule has 2 N–H and O–H groups in total. The number of para-hydroxylation sites is 1. The molecule has 2 atom stereocenters. The highest BCUT2D eigenvalue weighted by atomic mass is 35.5. The fraction of sp³-hybridized carbons (Fsp3) is 0.500. The number of hydrogen-bond acceptors (Lipinski definition) is 3. The van der Waals surface area contributed by atoms with Crippen LogP contribution in [-0.4, -0.2) is 12.1 Å². The van der Waals surface area contributed by atoms with Crippen LogP contribution in [0.1, 0.15) is 43.0 Å². The summed E-state index contributed by atoms with van der Waals surface area (Å²) in [5, 5.41) is 0.390. The summed E-state index contributed by atoms with van der Waals surface area (Å²) in [5.74, 6) is 0.0526. The van der Waals surface area contributed by atoms with Crippen LogP contribution < -0.4 is 5.73 Å². The monoisotopic (exact) mass is 267 g/mol. The number of nitrogens with two attached hydrogens (primary N) is 1. The normalized spacial score (nSPS) is 23.7. The highest BCUT2D eigenvalue weighted by Crippen LogP contribution is 2.29. The first kappa shape index (κ1) is 13.2. The summed E-state index contributed by atoms with van der Waals surface area (Å²) in [4.78, 5) is 12.1. The van der Waals surface area contributed by atoms with E-state index in [1.54, 1.807) is 18.2 Å². The topological polar surface area (TPSA) is 52.3 Å². The second-order valence-electron chi connectivity index (χ2n) is 4.91. The number of carbonyl (C=O) groups excluding carboxylic acids is 1. The number of ether oxygens (including phenoxy) is 1. The molecule has 4 heteroatoms. The molecule has 18 heavy (non-hydrogen) atoms. The summed E-state index contributed by atoms with van der Waals surface area (Å²) in [6.07, 6.45) is 4.39. The first-order valence-electron chi connectivity index (χ1n) is 6.34. The summed E-state index contributed by atoms with van der Waals surface area (Å²) >= 11 is 5.90. The fourth-order valence-corrected chi connectivity index (χ4v) is 2.55. The van der Waals surface area contributed by atoms with E-state index in [1.807, 2.05) is 0 Å². The number of carbonyl (C=O) groups is 1. The zero-order valence-electron chi connectivity index (χ0n) is 10.5. The second-order valence-corrected chi connectivity index (χ2v) is 5.31. The lowest BCUT2D eigenvalue weighted by molar-refractivity contribution is 0.00493. The van der Waals surface area contributed by atoms with Crippen LogP contribution in [0.5, 0.6) is 0 Å². The first-order chi connectivity index (χ1) is 8.59. The van der Waals surface area contributed by atoms with E-state index in [1.165, 1.54) is 6.42 Å². The molecule has 1 aliphatic carbocycles. The van der Waals surface area contributed by atoms with E-state index in [9.17, 15) is 4.79 Å². The van der Waals surface area contributed by atoms with Crippen LogP contribution in [0.2, 0.25) is 5.02 Å². The smallest absolute Gasteiger partial charge is 0.340 e. The molecule has 1 aliphatic rings. The van der Waals surface area contributed by atoms with E-state index >= 15 is 0 Å². The molecule has 2 rings (SSSR count). The average Bonchev–Trinajstić information content (AvgIpc) is 2.35. The maximum atomic E-state index is 12.1. The Labute approximate surface area is 112 Å². The van der Waals surface area contributed by atoms with Gasteiger partial charge in [-0.15, -0.1) is 0 Å². The molecular weight excluding hydrogens is 250 g/mol. The number of halogens is 1. The molecule has 98 valence electrons. The van der Waals surface area contributed by atoms with Gasteiger partial charge in [-0.25, -0.2) is 4.79 Å². The van der Waals surface area contributed by atoms with Gasteiger partial charge in [-0.2, -0.15) is 0 Å². The Kier molecular flexibility index (Phi) is 4.12. The maximum absolute atomic E-state index is 12.1. The fourth-order valence-electron chi connectivity index (χ4n) is 2.37. The molecule has 1 saturated carbocycles. The van der Waals surface area contributed by atoms with Crippen LogP contribution in [0.4, 0.5) is 5.69 Å². The van der Waals surface area contributed by atoms with Gasteiger partial charge >= 0.3 is 5.97 Å². The molecule has 3 nitrogen and oxygen atoms in total. The van der Waals surface area contributed by atoms with Gasteiger partial charge in [0.1, 0.15) is 6.10 Å². The van der Waals surface area contributed by atoms with Crippen LogP contribution in [0.3, 0.4) is 0 Å². The Balaban J connectivity index is 2.09. The molecule has 1 fully saturated rings. The van der Waals surface area contributed by atoms with Crippen LogP contribution in [0, 0.1) is 5.92 Å². The third-order valence-corrected chi connectivity index (χ3v) is 3.89. The van der Waals surface area contributed by atoms with Crippen LogP contribution >= 0.6 is 11.6 Å². The van der Waals surface area contributed by atoms with Crippen molar-refractivity contribution in [2.75, 3.05) is 5.73 Å². The number of hydrogen-bond donors (Lipinski definition) is 1. The molecule has 0 heterocycles. The van der Waals surface area contributed by atoms with Gasteiger partial charge in [0.05, 0.1) is 16.3 Å². The molecule has 0 spiro atoms. The predicted octanol–water partition coefficient (Wildman–Crippen LogP) is 3.66. The van der Waals surface area contributed by atoms with Crippen molar-refractivity contribution in [3.05, 3.63) is 28.8 Å². The molecule has 0 bridgehead atoms. The van der Waals surface area contributed by atoms with E-state index in [0.717, 1.165) is 19.3 Å². The van der Waals surface area contributed by atoms with Crippen molar-refractivity contribution in [3.63, 3.8) is 0 Å². The van der Waals surface area contributed by atoms with Gasteiger partial charge in [-0.3, -0.25) is 0 Å². The van der Waals surface area contributed by atoms with Gasteiger partial charge in [0, 0.05) is 0 Å². The quantitative estimate of drug-likeness (QED) is 0.657. The predicted molar refractivity (Wildman–Crippen MR) is 72.7 cm³/mol. The lowest BCUT2D eigenvalue weighted by atomic mass is 9.88. The Bertz CT molecular complexity index is 447. The Morgan fingerprint density at radius 1 is 1.39 bits per heavy atom. The minimum Gasteiger partial charge on any atom is -0.458 e. The third-order valence-electron chi connectivity index (χ3n) is 3.56. The van der Waals surface area contributed by atoms with Gasteiger partial charge in [-0.1, -0.05) is 31.0 Å². The van der Waals surface area contributed by atoms with Crippen LogP contribution in [0.15, 0.2) is 18.2 Å². The highest BCUT2D eigenvalue weighted by Gasteiger charge is 2.26. The van der Waals surface area contributed by atoms with Crippen LogP contribution in [-0.2, 0) is 4.74 Å². The first-order valence-corrected chi connectivity index (χ1v) is 6.72. The molecule has 0 saturated heterocycles. The summed E-state index contributed by atoms with van der Waals surface area (Å²) in [6, 6.07) is 5.02.